The van der Waals surface area contributed by atoms with E-state index in [1.165, 1.54) is 89.9 Å². The minimum absolute atomic E-state index is 0.127. The van der Waals surface area contributed by atoms with Crippen LogP contribution in [0.2, 0.25) is 0 Å². The summed E-state index contributed by atoms with van der Waals surface area (Å²) in [7, 11) is 0. The molecule has 0 rings (SSSR count). The summed E-state index contributed by atoms with van der Waals surface area (Å²) in [5.74, 6) is -1.08. The number of carbonyl (C=O) groups excluding carboxylic acids is 3. The highest BCUT2D eigenvalue weighted by Gasteiger charge is 2.19. The zero-order chi connectivity index (χ0) is 46.5. The lowest BCUT2D eigenvalue weighted by molar-refractivity contribution is -0.166. The summed E-state index contributed by atoms with van der Waals surface area (Å²) in [5.41, 5.74) is 0. The summed E-state index contributed by atoms with van der Waals surface area (Å²) >= 11 is 0. The van der Waals surface area contributed by atoms with Crippen LogP contribution in [0.4, 0.5) is 0 Å². The van der Waals surface area contributed by atoms with Crippen molar-refractivity contribution in [3.8, 4) is 0 Å². The molecule has 0 saturated carbocycles. The molecule has 0 aromatic carbocycles. The number of unbranched alkanes of at least 4 members (excludes halogenated alkanes) is 16. The Morgan fingerprint density at radius 1 is 0.328 bits per heavy atom. The molecule has 0 aromatic rings. The molecule has 0 aliphatic heterocycles. The standard InChI is InChI=1S/C58H94O6/c1-4-7-10-13-16-19-22-24-26-28-29-30-32-33-36-39-42-45-48-51-57(60)63-54-55(53-62-56(59)50-47-44-41-38-35-21-18-15-12-9-6-3)64-58(61)52-49-46-43-40-37-34-31-27-25-23-20-17-14-11-8-5-2/h8-9,11-12,17-18,20-21,25,27-29,34,37-38,41,43,46,55H,4-7,10,13-16,19,22-24,26,30-33,35-36,39-40,42,44-45,47-54H2,1-3H3/b11-8-,12-9-,20-17-,21-18-,27-25-,29-28-,37-34-,41-38-,46-43-. The molecule has 64 heavy (non-hydrogen) atoms. The van der Waals surface area contributed by atoms with Gasteiger partial charge in [-0.3, -0.25) is 14.4 Å². The van der Waals surface area contributed by atoms with Crippen molar-refractivity contribution < 1.29 is 28.6 Å². The van der Waals surface area contributed by atoms with Crippen LogP contribution in [0.25, 0.3) is 0 Å². The minimum Gasteiger partial charge on any atom is -0.462 e. The van der Waals surface area contributed by atoms with E-state index in [2.05, 4.69) is 118 Å². The predicted octanol–water partition coefficient (Wildman–Crippen LogP) is 17.1. The molecule has 0 bridgehead atoms. The fourth-order valence-corrected chi connectivity index (χ4v) is 6.68. The molecule has 6 heteroatoms. The summed E-state index contributed by atoms with van der Waals surface area (Å²) < 4.78 is 16.6. The van der Waals surface area contributed by atoms with Crippen LogP contribution in [-0.4, -0.2) is 37.2 Å². The lowest BCUT2D eigenvalue weighted by Crippen LogP contribution is -2.30. The van der Waals surface area contributed by atoms with Crippen LogP contribution in [0, 0.1) is 0 Å². The van der Waals surface area contributed by atoms with Gasteiger partial charge >= 0.3 is 17.9 Å². The lowest BCUT2D eigenvalue weighted by atomic mass is 10.1. The summed E-state index contributed by atoms with van der Waals surface area (Å²) in [5, 5.41) is 0. The molecule has 0 aliphatic rings. The van der Waals surface area contributed by atoms with Crippen molar-refractivity contribution in [1.82, 2.24) is 0 Å². The monoisotopic (exact) mass is 887 g/mol. The third-order valence-corrected chi connectivity index (χ3v) is 10.5. The van der Waals surface area contributed by atoms with Gasteiger partial charge in [0.05, 0.1) is 0 Å². The second kappa shape index (κ2) is 51.7. The number of esters is 3. The zero-order valence-electron chi connectivity index (χ0n) is 41.3. The van der Waals surface area contributed by atoms with Gasteiger partial charge in [0.15, 0.2) is 6.10 Å². The largest absolute Gasteiger partial charge is 0.462 e. The Labute approximate surface area is 393 Å². The van der Waals surface area contributed by atoms with E-state index in [1.54, 1.807) is 0 Å². The van der Waals surface area contributed by atoms with Crippen molar-refractivity contribution in [1.29, 1.82) is 0 Å². The first-order valence-corrected chi connectivity index (χ1v) is 25.9. The van der Waals surface area contributed by atoms with Crippen LogP contribution < -0.4 is 0 Å². The van der Waals surface area contributed by atoms with Crippen LogP contribution in [0.1, 0.15) is 220 Å². The van der Waals surface area contributed by atoms with E-state index in [9.17, 15) is 14.4 Å². The van der Waals surface area contributed by atoms with Gasteiger partial charge in [0.2, 0.25) is 0 Å². The number of ether oxygens (including phenoxy) is 3. The van der Waals surface area contributed by atoms with Crippen LogP contribution in [0.15, 0.2) is 109 Å². The average molecular weight is 887 g/mol. The van der Waals surface area contributed by atoms with Crippen molar-refractivity contribution in [3.05, 3.63) is 109 Å². The molecule has 0 aliphatic carbocycles. The van der Waals surface area contributed by atoms with Gasteiger partial charge in [0.25, 0.3) is 0 Å². The van der Waals surface area contributed by atoms with Crippen molar-refractivity contribution in [3.63, 3.8) is 0 Å². The molecule has 0 aromatic heterocycles. The number of rotatable bonds is 45. The predicted molar refractivity (Wildman–Crippen MR) is 274 cm³/mol. The van der Waals surface area contributed by atoms with Crippen LogP contribution in [-0.2, 0) is 28.6 Å². The Morgan fingerprint density at radius 3 is 1.09 bits per heavy atom. The smallest absolute Gasteiger partial charge is 0.306 e. The molecule has 0 amide bonds. The van der Waals surface area contributed by atoms with Crippen molar-refractivity contribution >= 4 is 17.9 Å². The minimum atomic E-state index is -0.840. The number of hydrogen-bond donors (Lipinski definition) is 0. The molecule has 0 radical (unpaired) electrons. The van der Waals surface area contributed by atoms with Crippen LogP contribution >= 0.6 is 0 Å². The molecule has 0 saturated heterocycles. The quantitative estimate of drug-likeness (QED) is 0.0262. The number of allylic oxidation sites excluding steroid dienone is 18. The third-order valence-electron chi connectivity index (χ3n) is 10.5. The topological polar surface area (TPSA) is 78.9 Å². The van der Waals surface area contributed by atoms with E-state index in [1.807, 2.05) is 12.2 Å². The molecule has 0 fully saturated rings. The van der Waals surface area contributed by atoms with Gasteiger partial charge in [-0.25, -0.2) is 0 Å². The highest BCUT2D eigenvalue weighted by Crippen LogP contribution is 2.13. The van der Waals surface area contributed by atoms with Gasteiger partial charge < -0.3 is 14.2 Å². The third kappa shape index (κ3) is 49.1. The van der Waals surface area contributed by atoms with Gasteiger partial charge in [-0.1, -0.05) is 207 Å². The first-order chi connectivity index (χ1) is 31.5. The molecule has 0 N–H and O–H groups in total. The fraction of sp³-hybridized carbons (Fsp3) is 0.638. The van der Waals surface area contributed by atoms with Gasteiger partial charge in [-0.15, -0.1) is 0 Å². The summed E-state index contributed by atoms with van der Waals surface area (Å²) in [4.78, 5) is 37.9. The number of hydrogen-bond acceptors (Lipinski definition) is 6. The van der Waals surface area contributed by atoms with Crippen molar-refractivity contribution in [2.75, 3.05) is 13.2 Å². The lowest BCUT2D eigenvalue weighted by Gasteiger charge is -2.18. The maximum absolute atomic E-state index is 12.8. The van der Waals surface area contributed by atoms with Gasteiger partial charge in [-0.05, 0) is 103 Å². The Kier molecular flexibility index (Phi) is 48.5. The summed E-state index contributed by atoms with van der Waals surface area (Å²) in [6.45, 7) is 6.28. The average Bonchev–Trinajstić information content (AvgIpc) is 3.29. The Balaban J connectivity index is 4.50. The van der Waals surface area contributed by atoms with E-state index < -0.39 is 12.1 Å². The maximum Gasteiger partial charge on any atom is 0.306 e. The zero-order valence-corrected chi connectivity index (χ0v) is 41.3. The van der Waals surface area contributed by atoms with E-state index in [0.717, 1.165) is 77.0 Å². The second-order valence-corrected chi connectivity index (χ2v) is 16.7. The highest BCUT2D eigenvalue weighted by atomic mass is 16.6. The molecule has 362 valence electrons. The molecule has 1 atom stereocenters. The van der Waals surface area contributed by atoms with Gasteiger partial charge in [-0.2, -0.15) is 0 Å². The molecular weight excluding hydrogens is 793 g/mol. The highest BCUT2D eigenvalue weighted by molar-refractivity contribution is 5.71. The van der Waals surface area contributed by atoms with Gasteiger partial charge in [0, 0.05) is 19.3 Å². The molecule has 0 heterocycles. The van der Waals surface area contributed by atoms with Crippen LogP contribution in [0.5, 0.6) is 0 Å². The molecule has 6 nitrogen and oxygen atoms in total. The second-order valence-electron chi connectivity index (χ2n) is 16.7. The molecule has 0 spiro atoms. The van der Waals surface area contributed by atoms with Crippen molar-refractivity contribution in [2.45, 2.75) is 226 Å². The number of carbonyl (C=O) groups is 3. The first kappa shape index (κ1) is 60.1. The Hall–Kier alpha value is -3.93. The SMILES string of the molecule is CC/C=C\C/C=C\C/C=C\C/C=C\C/C=C\CCC(=O)OC(COC(=O)CCC/C=C\C/C=C\C/C=C\CC)COC(=O)CCCCCCCCC/C=C\CCCCCCCCCC. The van der Waals surface area contributed by atoms with Crippen LogP contribution in [0.3, 0.4) is 0 Å². The molecule has 1 unspecified atom stereocenters. The molecular formula is C58H94O6. The first-order valence-electron chi connectivity index (χ1n) is 25.9. The Bertz CT molecular complexity index is 1340. The van der Waals surface area contributed by atoms with E-state index >= 15 is 0 Å². The summed E-state index contributed by atoms with van der Waals surface area (Å²) in [6, 6.07) is 0. The van der Waals surface area contributed by atoms with E-state index in [-0.39, 0.29) is 38.0 Å². The summed E-state index contributed by atoms with van der Waals surface area (Å²) in [6.07, 6.45) is 69.6. The van der Waals surface area contributed by atoms with E-state index in [0.29, 0.717) is 19.3 Å². The van der Waals surface area contributed by atoms with Gasteiger partial charge in [0.1, 0.15) is 13.2 Å². The maximum atomic E-state index is 12.8. The normalized spacial score (nSPS) is 13.0. The van der Waals surface area contributed by atoms with Crippen molar-refractivity contribution in [2.24, 2.45) is 0 Å². The van der Waals surface area contributed by atoms with E-state index in [4.69, 9.17) is 14.2 Å². The Morgan fingerprint density at radius 2 is 0.656 bits per heavy atom. The fourth-order valence-electron chi connectivity index (χ4n) is 6.68.